The van der Waals surface area contributed by atoms with Gasteiger partial charge in [-0.15, -0.1) is 0 Å². The monoisotopic (exact) mass is 564 g/mol. The van der Waals surface area contributed by atoms with Crippen molar-refractivity contribution in [1.29, 1.82) is 0 Å². The molecule has 43 heavy (non-hydrogen) atoms. The van der Waals surface area contributed by atoms with E-state index in [0.29, 0.717) is 0 Å². The predicted octanol–water partition coefficient (Wildman–Crippen LogP) is 8.94. The summed E-state index contributed by atoms with van der Waals surface area (Å²) in [5.41, 5.74) is 10.8. The van der Waals surface area contributed by atoms with E-state index in [1.807, 2.05) is 0 Å². The van der Waals surface area contributed by atoms with E-state index >= 15 is 0 Å². The Hall–Kier alpha value is -4.98. The molecule has 0 amide bonds. The average Bonchev–Trinajstić information content (AvgIpc) is 3.72. The summed E-state index contributed by atoms with van der Waals surface area (Å²) in [6.07, 6.45) is 7.11. The Bertz CT molecular complexity index is 1840. The second-order valence-electron chi connectivity index (χ2n) is 11.7. The second kappa shape index (κ2) is 10.7. The van der Waals surface area contributed by atoms with Crippen LogP contribution in [0, 0.1) is 0 Å². The van der Waals surface area contributed by atoms with Crippen LogP contribution >= 0.6 is 0 Å². The molecule has 2 aliphatic rings. The summed E-state index contributed by atoms with van der Waals surface area (Å²) in [5, 5.41) is 6.07. The molecule has 0 nitrogen and oxygen atoms in total. The molecule has 0 heterocycles. The Labute approximate surface area is 255 Å². The minimum Gasteiger partial charge on any atom is -0.0626 e. The van der Waals surface area contributed by atoms with E-state index in [-0.39, 0.29) is 0 Å². The minimum atomic E-state index is -2.60. The zero-order chi connectivity index (χ0) is 28.6. The molecular formula is C42H32Si. The van der Waals surface area contributed by atoms with Crippen molar-refractivity contribution in [1.82, 2.24) is 0 Å². The van der Waals surface area contributed by atoms with Crippen LogP contribution in [-0.4, -0.2) is 8.07 Å². The number of rotatable bonds is 6. The molecule has 0 spiro atoms. The standard InChI is InChI=1S/C42H32Si/c1-5-15-31(16-6-1)39-25-13-19-33-27-37(29-41(33)39)43(35-21-9-3-10-22-35,36-23-11-4-12-24-36)38-28-34-20-14-26-40(42(34)30-38)32-17-7-2-8-18-32/h1-26,29-30H,27-28H2. The lowest BCUT2D eigenvalue weighted by Gasteiger charge is -2.36. The first-order valence-corrected chi connectivity index (χ1v) is 17.2. The number of benzene rings is 6. The molecule has 0 saturated heterocycles. The van der Waals surface area contributed by atoms with Gasteiger partial charge in [-0.05, 0) is 67.7 Å². The Balaban J connectivity index is 1.39. The molecule has 204 valence electrons. The SMILES string of the molecule is C1=C([Si](C2=Cc3c(cccc3-c3ccccc3)C2)(c2ccccc2)c2ccccc2)Cc2cccc(-c3ccccc3)c21. The maximum absolute atomic E-state index is 2.60. The summed E-state index contributed by atoms with van der Waals surface area (Å²) >= 11 is 0. The van der Waals surface area contributed by atoms with Gasteiger partial charge in [-0.3, -0.25) is 0 Å². The van der Waals surface area contributed by atoms with Crippen LogP contribution in [0.5, 0.6) is 0 Å². The lowest BCUT2D eigenvalue weighted by Crippen LogP contribution is -2.62. The molecule has 2 aliphatic carbocycles. The topological polar surface area (TPSA) is 0 Å². The molecule has 0 aromatic heterocycles. The molecule has 0 bridgehead atoms. The highest BCUT2D eigenvalue weighted by Gasteiger charge is 2.47. The Kier molecular flexibility index (Phi) is 6.39. The van der Waals surface area contributed by atoms with Gasteiger partial charge >= 0.3 is 0 Å². The molecule has 0 fully saturated rings. The molecule has 0 saturated carbocycles. The number of hydrogen-bond acceptors (Lipinski definition) is 0. The van der Waals surface area contributed by atoms with Crippen LogP contribution in [-0.2, 0) is 12.8 Å². The zero-order valence-corrected chi connectivity index (χ0v) is 25.1. The molecule has 8 rings (SSSR count). The van der Waals surface area contributed by atoms with Gasteiger partial charge in [0.05, 0.1) is 0 Å². The van der Waals surface area contributed by atoms with E-state index in [1.54, 1.807) is 10.4 Å². The van der Waals surface area contributed by atoms with Gasteiger partial charge in [0, 0.05) is 0 Å². The number of allylic oxidation sites excluding steroid dienone is 2. The van der Waals surface area contributed by atoms with Crippen molar-refractivity contribution in [2.45, 2.75) is 12.8 Å². The van der Waals surface area contributed by atoms with Crippen molar-refractivity contribution in [3.8, 4) is 22.3 Å². The highest BCUT2D eigenvalue weighted by Crippen LogP contribution is 2.43. The van der Waals surface area contributed by atoms with Crippen LogP contribution in [0.15, 0.2) is 168 Å². The third-order valence-corrected chi connectivity index (χ3v) is 14.3. The lowest BCUT2D eigenvalue weighted by molar-refractivity contribution is 1.24. The first-order chi connectivity index (χ1) is 21.3. The lowest BCUT2D eigenvalue weighted by atomic mass is 9.97. The quantitative estimate of drug-likeness (QED) is 0.177. The van der Waals surface area contributed by atoms with E-state index in [1.165, 1.54) is 54.9 Å². The van der Waals surface area contributed by atoms with Gasteiger partial charge in [-0.1, -0.05) is 180 Å². The molecule has 6 aromatic rings. The summed E-state index contributed by atoms with van der Waals surface area (Å²) in [7, 11) is -2.60. The summed E-state index contributed by atoms with van der Waals surface area (Å²) in [5.74, 6) is 0. The van der Waals surface area contributed by atoms with Crippen molar-refractivity contribution in [2.24, 2.45) is 0 Å². The van der Waals surface area contributed by atoms with E-state index < -0.39 is 8.07 Å². The number of hydrogen-bond donors (Lipinski definition) is 0. The Morgan fingerprint density at radius 2 is 0.721 bits per heavy atom. The smallest absolute Gasteiger partial charge is 0.0626 e. The van der Waals surface area contributed by atoms with Crippen molar-refractivity contribution in [3.05, 3.63) is 190 Å². The van der Waals surface area contributed by atoms with Crippen LogP contribution < -0.4 is 10.4 Å². The normalized spacial score (nSPS) is 13.7. The first kappa shape index (κ1) is 25.7. The van der Waals surface area contributed by atoms with E-state index in [0.717, 1.165) is 12.8 Å². The number of fused-ring (bicyclic) bond motifs is 2. The highest BCUT2D eigenvalue weighted by atomic mass is 28.3. The summed E-state index contributed by atoms with van der Waals surface area (Å²) in [6, 6.07) is 58.3. The molecular weight excluding hydrogens is 533 g/mol. The van der Waals surface area contributed by atoms with Gasteiger partial charge in [0.2, 0.25) is 0 Å². The van der Waals surface area contributed by atoms with Crippen molar-refractivity contribution in [3.63, 3.8) is 0 Å². The van der Waals surface area contributed by atoms with E-state index in [2.05, 4.69) is 170 Å². The highest BCUT2D eigenvalue weighted by molar-refractivity contribution is 7.13. The van der Waals surface area contributed by atoms with Crippen LogP contribution in [0.3, 0.4) is 0 Å². The molecule has 0 unspecified atom stereocenters. The largest absolute Gasteiger partial charge is 0.172 e. The third-order valence-electron chi connectivity index (χ3n) is 9.34. The summed E-state index contributed by atoms with van der Waals surface area (Å²) < 4.78 is 0. The molecule has 0 atom stereocenters. The van der Waals surface area contributed by atoms with Crippen molar-refractivity contribution < 1.29 is 0 Å². The second-order valence-corrected chi connectivity index (χ2v) is 15.6. The molecule has 0 radical (unpaired) electrons. The van der Waals surface area contributed by atoms with Gasteiger partial charge in [-0.2, -0.15) is 0 Å². The maximum atomic E-state index is 2.58. The molecule has 6 aromatic carbocycles. The van der Waals surface area contributed by atoms with Crippen LogP contribution in [0.4, 0.5) is 0 Å². The predicted molar refractivity (Wildman–Crippen MR) is 185 cm³/mol. The van der Waals surface area contributed by atoms with Crippen LogP contribution in [0.25, 0.3) is 34.4 Å². The van der Waals surface area contributed by atoms with E-state index in [9.17, 15) is 0 Å². The van der Waals surface area contributed by atoms with Gasteiger partial charge in [0.1, 0.15) is 0 Å². The summed E-state index contributed by atoms with van der Waals surface area (Å²) in [4.78, 5) is 0. The fourth-order valence-corrected chi connectivity index (χ4v) is 12.7. The average molecular weight is 565 g/mol. The van der Waals surface area contributed by atoms with Crippen molar-refractivity contribution >= 4 is 30.6 Å². The maximum Gasteiger partial charge on any atom is 0.172 e. The van der Waals surface area contributed by atoms with E-state index in [4.69, 9.17) is 0 Å². The molecule has 1 heteroatoms. The zero-order valence-electron chi connectivity index (χ0n) is 24.1. The third kappa shape index (κ3) is 4.28. The fourth-order valence-electron chi connectivity index (χ4n) is 7.45. The van der Waals surface area contributed by atoms with Gasteiger partial charge in [-0.25, -0.2) is 0 Å². The van der Waals surface area contributed by atoms with Crippen molar-refractivity contribution in [2.75, 3.05) is 0 Å². The first-order valence-electron chi connectivity index (χ1n) is 15.2. The Morgan fingerprint density at radius 3 is 1.12 bits per heavy atom. The van der Waals surface area contributed by atoms with Crippen LogP contribution in [0.1, 0.15) is 22.3 Å². The Morgan fingerprint density at radius 1 is 0.349 bits per heavy atom. The molecule has 0 N–H and O–H groups in total. The van der Waals surface area contributed by atoms with Crippen LogP contribution in [0.2, 0.25) is 0 Å². The molecule has 0 aliphatic heterocycles. The fraction of sp³-hybridized carbons (Fsp3) is 0.0476. The van der Waals surface area contributed by atoms with Gasteiger partial charge in [0.25, 0.3) is 0 Å². The minimum absolute atomic E-state index is 0.977. The van der Waals surface area contributed by atoms with Gasteiger partial charge < -0.3 is 0 Å². The van der Waals surface area contributed by atoms with Gasteiger partial charge in [0.15, 0.2) is 8.07 Å². The summed E-state index contributed by atoms with van der Waals surface area (Å²) in [6.45, 7) is 0.